The molecule has 0 radical (unpaired) electrons. The van der Waals surface area contributed by atoms with Crippen molar-refractivity contribution >= 4 is 5.91 Å². The van der Waals surface area contributed by atoms with Crippen LogP contribution in [-0.4, -0.2) is 16.1 Å². The van der Waals surface area contributed by atoms with Crippen molar-refractivity contribution in [2.24, 2.45) is 5.92 Å². The maximum atomic E-state index is 12.8. The van der Waals surface area contributed by atoms with Crippen LogP contribution in [0.2, 0.25) is 0 Å². The number of carbonyl (C=O) groups is 1. The zero-order valence-electron chi connectivity index (χ0n) is 11.8. The van der Waals surface area contributed by atoms with Crippen LogP contribution in [0.3, 0.4) is 0 Å². The number of halogens is 3. The van der Waals surface area contributed by atoms with Gasteiger partial charge in [-0.3, -0.25) is 15.0 Å². The van der Waals surface area contributed by atoms with Gasteiger partial charge in [0.15, 0.2) is 0 Å². The number of amides is 1. The second kappa shape index (κ2) is 5.66. The summed E-state index contributed by atoms with van der Waals surface area (Å²) in [5.74, 6) is -1.90. The minimum Gasteiger partial charge on any atom is -0.289 e. The molecule has 2 aromatic rings. The van der Waals surface area contributed by atoms with E-state index in [0.717, 1.165) is 17.8 Å². The van der Waals surface area contributed by atoms with Gasteiger partial charge in [-0.15, -0.1) is 0 Å². The zero-order chi connectivity index (χ0) is 16.6. The van der Waals surface area contributed by atoms with Crippen LogP contribution < -0.4 is 5.48 Å². The number of nitrogens with zero attached hydrogens (tertiary/aromatic N) is 1. The van der Waals surface area contributed by atoms with Crippen LogP contribution in [0.4, 0.5) is 13.2 Å². The molecule has 1 aromatic carbocycles. The SMILES string of the molecule is O=C(NO)[C@@H]1[C@H](c2ccccc2)[C@H]1c1ccnc(C(F)(F)F)c1. The Bertz CT molecular complexity index is 719. The summed E-state index contributed by atoms with van der Waals surface area (Å²) in [7, 11) is 0. The Balaban J connectivity index is 1.96. The number of hydroxylamine groups is 1. The standard InChI is InChI=1S/C16H13F3N2O2/c17-16(18,19)11-8-10(6-7-20-11)13-12(14(13)15(22)21-23)9-4-2-1-3-5-9/h1-8,12-14,23H,(H,21,22)/t12-,13-,14-/m1/s1. The molecule has 7 heteroatoms. The van der Waals surface area contributed by atoms with Gasteiger partial charge in [-0.25, -0.2) is 5.48 Å². The summed E-state index contributed by atoms with van der Waals surface area (Å²) < 4.78 is 38.4. The lowest BCUT2D eigenvalue weighted by Gasteiger charge is -2.07. The minimum atomic E-state index is -4.54. The fourth-order valence-electron chi connectivity index (χ4n) is 3.03. The van der Waals surface area contributed by atoms with Gasteiger partial charge in [-0.2, -0.15) is 13.2 Å². The predicted octanol–water partition coefficient (Wildman–Crippen LogP) is 3.10. The average Bonchev–Trinajstić information content (AvgIpc) is 3.30. The summed E-state index contributed by atoms with van der Waals surface area (Å²) >= 11 is 0. The third-order valence-corrected chi connectivity index (χ3v) is 4.08. The molecule has 120 valence electrons. The topological polar surface area (TPSA) is 62.2 Å². The number of benzene rings is 1. The monoisotopic (exact) mass is 322 g/mol. The number of alkyl halides is 3. The highest BCUT2D eigenvalue weighted by molar-refractivity contribution is 5.84. The van der Waals surface area contributed by atoms with Crippen molar-refractivity contribution in [1.29, 1.82) is 0 Å². The van der Waals surface area contributed by atoms with Crippen molar-refractivity contribution in [3.05, 3.63) is 65.5 Å². The highest BCUT2D eigenvalue weighted by Crippen LogP contribution is 2.60. The van der Waals surface area contributed by atoms with Gasteiger partial charge >= 0.3 is 6.18 Å². The van der Waals surface area contributed by atoms with Gasteiger partial charge in [0.2, 0.25) is 5.91 Å². The van der Waals surface area contributed by atoms with Gasteiger partial charge in [0, 0.05) is 18.0 Å². The van der Waals surface area contributed by atoms with E-state index in [2.05, 4.69) is 4.98 Å². The third kappa shape index (κ3) is 2.92. The van der Waals surface area contributed by atoms with E-state index in [1.165, 1.54) is 6.07 Å². The number of hydrogen-bond donors (Lipinski definition) is 2. The number of hydrogen-bond acceptors (Lipinski definition) is 3. The Morgan fingerprint density at radius 3 is 2.35 bits per heavy atom. The first-order valence-electron chi connectivity index (χ1n) is 6.95. The molecular weight excluding hydrogens is 309 g/mol. The first kappa shape index (κ1) is 15.5. The van der Waals surface area contributed by atoms with E-state index in [1.807, 2.05) is 18.2 Å². The molecule has 1 aliphatic carbocycles. The van der Waals surface area contributed by atoms with Gasteiger partial charge in [0.05, 0.1) is 5.92 Å². The average molecular weight is 322 g/mol. The van der Waals surface area contributed by atoms with Gasteiger partial charge in [0.1, 0.15) is 5.69 Å². The highest BCUT2D eigenvalue weighted by atomic mass is 19.4. The van der Waals surface area contributed by atoms with E-state index in [0.29, 0.717) is 5.56 Å². The van der Waals surface area contributed by atoms with E-state index in [1.54, 1.807) is 17.6 Å². The smallest absolute Gasteiger partial charge is 0.289 e. The number of rotatable bonds is 3. The van der Waals surface area contributed by atoms with Gasteiger partial charge in [-0.1, -0.05) is 30.3 Å². The summed E-state index contributed by atoms with van der Waals surface area (Å²) in [6.07, 6.45) is -3.45. The quantitative estimate of drug-likeness (QED) is 0.674. The maximum absolute atomic E-state index is 12.8. The molecule has 0 bridgehead atoms. The molecule has 2 N–H and O–H groups in total. The first-order valence-corrected chi connectivity index (χ1v) is 6.95. The first-order chi connectivity index (χ1) is 10.9. The normalized spacial score (nSPS) is 23.4. The molecule has 1 aromatic heterocycles. The fourth-order valence-corrected chi connectivity index (χ4v) is 3.03. The van der Waals surface area contributed by atoms with Crippen LogP contribution in [0.1, 0.15) is 28.7 Å². The summed E-state index contributed by atoms with van der Waals surface area (Å²) in [4.78, 5) is 15.2. The molecule has 1 aliphatic rings. The Morgan fingerprint density at radius 2 is 1.74 bits per heavy atom. The van der Waals surface area contributed by atoms with E-state index >= 15 is 0 Å². The number of pyridine rings is 1. The molecule has 0 unspecified atom stereocenters. The zero-order valence-corrected chi connectivity index (χ0v) is 11.8. The molecule has 1 heterocycles. The van der Waals surface area contributed by atoms with Crippen LogP contribution in [0.15, 0.2) is 48.7 Å². The van der Waals surface area contributed by atoms with E-state index in [4.69, 9.17) is 5.21 Å². The molecule has 1 amide bonds. The van der Waals surface area contributed by atoms with Crippen molar-refractivity contribution in [2.45, 2.75) is 18.0 Å². The Hall–Kier alpha value is -2.41. The van der Waals surface area contributed by atoms with Crippen molar-refractivity contribution in [1.82, 2.24) is 10.5 Å². The third-order valence-electron chi connectivity index (χ3n) is 4.08. The van der Waals surface area contributed by atoms with E-state index < -0.39 is 29.6 Å². The summed E-state index contributed by atoms with van der Waals surface area (Å²) in [5.41, 5.74) is 1.83. The maximum Gasteiger partial charge on any atom is 0.433 e. The van der Waals surface area contributed by atoms with Crippen molar-refractivity contribution in [2.75, 3.05) is 0 Å². The summed E-state index contributed by atoms with van der Waals surface area (Å²) in [5, 5.41) is 8.87. The van der Waals surface area contributed by atoms with Crippen molar-refractivity contribution < 1.29 is 23.2 Å². The van der Waals surface area contributed by atoms with Crippen LogP contribution >= 0.6 is 0 Å². The highest BCUT2D eigenvalue weighted by Gasteiger charge is 2.56. The molecule has 0 saturated heterocycles. The molecule has 3 rings (SSSR count). The second-order valence-corrected chi connectivity index (χ2v) is 5.44. The molecule has 3 atom stereocenters. The van der Waals surface area contributed by atoms with Crippen LogP contribution in [0, 0.1) is 5.92 Å². The Morgan fingerprint density at radius 1 is 1.09 bits per heavy atom. The van der Waals surface area contributed by atoms with Gasteiger partial charge < -0.3 is 0 Å². The number of nitrogens with one attached hydrogen (secondary N) is 1. The lowest BCUT2D eigenvalue weighted by Crippen LogP contribution is -2.21. The van der Waals surface area contributed by atoms with Crippen molar-refractivity contribution in [3.8, 4) is 0 Å². The van der Waals surface area contributed by atoms with Gasteiger partial charge in [0.25, 0.3) is 0 Å². The molecular formula is C16H13F3N2O2. The second-order valence-electron chi connectivity index (χ2n) is 5.44. The molecule has 23 heavy (non-hydrogen) atoms. The lowest BCUT2D eigenvalue weighted by atomic mass is 10.0. The minimum absolute atomic E-state index is 0.271. The van der Waals surface area contributed by atoms with Crippen LogP contribution in [0.5, 0.6) is 0 Å². The van der Waals surface area contributed by atoms with Crippen LogP contribution in [0.25, 0.3) is 0 Å². The predicted molar refractivity (Wildman–Crippen MR) is 74.6 cm³/mol. The fraction of sp³-hybridized carbons (Fsp3) is 0.250. The Labute approximate surface area is 129 Å². The molecule has 0 spiro atoms. The molecule has 4 nitrogen and oxygen atoms in total. The van der Waals surface area contributed by atoms with E-state index in [9.17, 15) is 18.0 Å². The largest absolute Gasteiger partial charge is 0.433 e. The van der Waals surface area contributed by atoms with E-state index in [-0.39, 0.29) is 5.92 Å². The van der Waals surface area contributed by atoms with Crippen molar-refractivity contribution in [3.63, 3.8) is 0 Å². The molecule has 1 fully saturated rings. The summed E-state index contributed by atoms with van der Waals surface area (Å²) in [6.45, 7) is 0. The number of carbonyl (C=O) groups excluding carboxylic acids is 1. The molecule has 0 aliphatic heterocycles. The summed E-state index contributed by atoms with van der Waals surface area (Å²) in [6, 6.07) is 11.5. The van der Waals surface area contributed by atoms with Crippen LogP contribution in [-0.2, 0) is 11.0 Å². The Kier molecular flexibility index (Phi) is 3.81. The molecule has 1 saturated carbocycles. The number of aromatic nitrogens is 1. The van der Waals surface area contributed by atoms with Gasteiger partial charge in [-0.05, 0) is 23.3 Å². The lowest BCUT2D eigenvalue weighted by molar-refractivity contribution is -0.141.